The second-order valence-corrected chi connectivity index (χ2v) is 27.3. The number of aliphatic hydroxyl groups excluding tert-OH is 6. The number of nitrogen functional groups attached to an aromatic ring is 3. The summed E-state index contributed by atoms with van der Waals surface area (Å²) in [7, 11) is 0. The van der Waals surface area contributed by atoms with Gasteiger partial charge in [0.05, 0.1) is 103 Å². The minimum atomic E-state index is -0.902. The summed E-state index contributed by atoms with van der Waals surface area (Å²) in [5.41, 5.74) is 25.7. The van der Waals surface area contributed by atoms with Crippen LogP contribution in [0.15, 0.2) is 159 Å². The van der Waals surface area contributed by atoms with Crippen molar-refractivity contribution in [3.05, 3.63) is 187 Å². The van der Waals surface area contributed by atoms with Crippen molar-refractivity contribution in [1.29, 1.82) is 0 Å². The van der Waals surface area contributed by atoms with Gasteiger partial charge in [0.25, 0.3) is 0 Å². The van der Waals surface area contributed by atoms with Crippen LogP contribution in [0.25, 0.3) is 65.8 Å². The Morgan fingerprint density at radius 3 is 1.15 bits per heavy atom. The Morgan fingerprint density at radius 2 is 0.758 bits per heavy atom. The predicted molar refractivity (Wildman–Crippen MR) is 357 cm³/mol. The Balaban J connectivity index is 0.000000112. The Bertz CT molecular complexity index is 4730. The van der Waals surface area contributed by atoms with Crippen LogP contribution in [0, 0.1) is 30.1 Å². The smallest absolute Gasteiger partial charge is 0.143 e. The summed E-state index contributed by atoms with van der Waals surface area (Å²) in [5, 5.41) is 72.3. The van der Waals surface area contributed by atoms with Crippen molar-refractivity contribution in [1.82, 2.24) is 53.6 Å². The van der Waals surface area contributed by atoms with Crippen molar-refractivity contribution in [3.8, 4) is 0 Å². The first-order valence-electron chi connectivity index (χ1n) is 32.3. The number of rotatable bonds is 6. The summed E-state index contributed by atoms with van der Waals surface area (Å²) in [6, 6.07) is 38.4. The summed E-state index contributed by atoms with van der Waals surface area (Å²) in [6.45, 7) is 5.07. The molecule has 3 spiro atoms. The molecular formula is C72H74N14O9. The number of hydrogen-bond acceptors (Lipinski definition) is 20. The third-order valence-corrected chi connectivity index (χ3v) is 21.7. The van der Waals surface area contributed by atoms with E-state index in [9.17, 15) is 30.6 Å². The number of aryl methyl sites for hydroxylation is 2. The molecule has 12 heterocycles. The number of hydrogen-bond donors (Lipinski definition) is 9. The molecule has 23 heteroatoms. The van der Waals surface area contributed by atoms with Gasteiger partial charge in [-0.05, 0) is 154 Å². The third-order valence-electron chi connectivity index (χ3n) is 21.7. The van der Waals surface area contributed by atoms with Gasteiger partial charge in [-0.15, -0.1) is 0 Å². The quantitative estimate of drug-likeness (QED) is 0.0755. The predicted octanol–water partition coefficient (Wildman–Crippen LogP) is 8.35. The Morgan fingerprint density at radius 1 is 0.400 bits per heavy atom. The van der Waals surface area contributed by atoms with Crippen molar-refractivity contribution in [3.63, 3.8) is 0 Å². The van der Waals surface area contributed by atoms with Crippen LogP contribution >= 0.6 is 0 Å². The molecule has 0 bridgehead atoms. The monoisotopic (exact) mass is 1280 g/mol. The molecule has 3 aromatic carbocycles. The van der Waals surface area contributed by atoms with Crippen LogP contribution in [0.4, 0.5) is 17.5 Å². The molecule has 3 saturated carbocycles. The van der Waals surface area contributed by atoms with E-state index in [0.717, 1.165) is 93.9 Å². The standard InChI is InChI=1S/2C24H25N5O3.C24H24N4O3/c2*1-13-16-6-7-29(23(16)27-12-26-13)18-9-24(22(31)21(18)30)10-19(32-11-24)15-3-2-14-4-5-20(25)28-17(14)8-15;25-20-6-5-14-3-4-16(10-17(14)27-20)19-12-24(13-31-19)11-18(21(29)22(24)30)28-9-7-15-2-1-8-26-23(15)28/h2*2-8,12,18-19,21-22,30-31H,9-11H2,1H3,(H2,25,28);1-10,18-19,21-22,29-30H,11-13H2,(H2,25,27)/t18-,19+,21+,22+,24-;2*18-,19-,21+,22+,24-/m111/s1. The number of aliphatic hydroxyl groups is 6. The number of nitrogens with zero attached hydrogens (tertiary/aromatic N) is 11. The van der Waals surface area contributed by atoms with Crippen LogP contribution in [-0.4, -0.2) is 141 Å². The number of nitrogens with two attached hydrogens (primary N) is 3. The summed E-state index contributed by atoms with van der Waals surface area (Å²) >= 11 is 0. The SMILES string of the molecule is Cc1ncnc2c1ccn2[C@@H]1C[C@@]2(CO[C@@H](c3ccc4ccc(N)nc4c3)C2)[C@@H](O)[C@H]1O.Cc1ncnc2c1ccn2[C@@H]1C[C@@]2(CO[C@H](c3ccc4ccc(N)nc4c3)C2)[C@@H](O)[C@H]1O.Nc1ccc2ccc([C@H]3C[C@@]4(CO3)C[C@@H](n3ccc5cccnc53)[C@H](O)[C@@H]4O)cc2n1. The van der Waals surface area contributed by atoms with E-state index in [2.05, 4.69) is 39.9 Å². The number of pyridine rings is 4. The molecule has 12 aromatic rings. The first-order valence-corrected chi connectivity index (χ1v) is 32.3. The summed E-state index contributed by atoms with van der Waals surface area (Å²) in [4.78, 5) is 35.1. The van der Waals surface area contributed by atoms with Crippen LogP contribution in [0.2, 0.25) is 0 Å². The fraction of sp³-hybridized carbons (Fsp3) is 0.361. The highest BCUT2D eigenvalue weighted by Gasteiger charge is 2.60. The molecule has 6 aliphatic rings. The summed E-state index contributed by atoms with van der Waals surface area (Å²) in [6.07, 6.45) is 8.57. The largest absolute Gasteiger partial charge is 0.390 e. The van der Waals surface area contributed by atoms with Crippen LogP contribution in [0.3, 0.4) is 0 Å². The molecule has 23 nitrogen and oxygen atoms in total. The van der Waals surface area contributed by atoms with Gasteiger partial charge >= 0.3 is 0 Å². The highest BCUT2D eigenvalue weighted by Crippen LogP contribution is 2.58. The average molecular weight is 1280 g/mol. The highest BCUT2D eigenvalue weighted by atomic mass is 16.5. The van der Waals surface area contributed by atoms with Crippen molar-refractivity contribution in [2.24, 2.45) is 16.2 Å². The molecule has 15 atom stereocenters. The second kappa shape index (κ2) is 23.4. The van der Waals surface area contributed by atoms with Crippen molar-refractivity contribution in [2.45, 2.75) is 125 Å². The summed E-state index contributed by atoms with van der Waals surface area (Å²) < 4.78 is 24.5. The maximum absolute atomic E-state index is 11.1. The topological polar surface area (TPSA) is 345 Å². The first-order chi connectivity index (χ1) is 45.9. The number of benzene rings is 3. The molecule has 12 N–H and O–H groups in total. The zero-order chi connectivity index (χ0) is 65.2. The molecule has 0 amide bonds. The zero-order valence-corrected chi connectivity index (χ0v) is 52.4. The van der Waals surface area contributed by atoms with Gasteiger partial charge in [-0.3, -0.25) is 0 Å². The van der Waals surface area contributed by atoms with Crippen molar-refractivity contribution in [2.75, 3.05) is 37.0 Å². The third kappa shape index (κ3) is 10.4. The normalized spacial score (nSPS) is 30.3. The van der Waals surface area contributed by atoms with E-state index >= 15 is 0 Å². The summed E-state index contributed by atoms with van der Waals surface area (Å²) in [5.74, 6) is 1.44. The minimum Gasteiger partial charge on any atom is -0.390 e. The Hall–Kier alpha value is -9.14. The van der Waals surface area contributed by atoms with Gasteiger partial charge in [-0.25, -0.2) is 39.9 Å². The number of fused-ring (bicyclic) bond motifs is 6. The van der Waals surface area contributed by atoms with Crippen LogP contribution < -0.4 is 17.2 Å². The lowest BCUT2D eigenvalue weighted by Gasteiger charge is -2.26. The maximum Gasteiger partial charge on any atom is 0.143 e. The van der Waals surface area contributed by atoms with Crippen LogP contribution in [0.1, 0.15) is 103 Å². The van der Waals surface area contributed by atoms with Gasteiger partial charge < -0.3 is 75.8 Å². The lowest BCUT2D eigenvalue weighted by atomic mass is 9.80. The fourth-order valence-electron chi connectivity index (χ4n) is 16.5. The van der Waals surface area contributed by atoms with E-state index in [1.54, 1.807) is 24.4 Å². The van der Waals surface area contributed by atoms with Crippen LogP contribution in [0.5, 0.6) is 0 Å². The molecule has 486 valence electrons. The van der Waals surface area contributed by atoms with E-state index in [1.807, 2.05) is 149 Å². The highest BCUT2D eigenvalue weighted by molar-refractivity contribution is 5.83. The number of ether oxygens (including phenoxy) is 3. The Labute approximate surface area is 544 Å². The van der Waals surface area contributed by atoms with Crippen LogP contribution in [-0.2, 0) is 14.2 Å². The van der Waals surface area contributed by atoms with Gasteiger partial charge in [-0.2, -0.15) is 0 Å². The van der Waals surface area contributed by atoms with Crippen molar-refractivity contribution >= 4 is 83.3 Å². The van der Waals surface area contributed by atoms with E-state index in [0.29, 0.717) is 75.8 Å². The van der Waals surface area contributed by atoms with E-state index in [1.165, 1.54) is 12.7 Å². The van der Waals surface area contributed by atoms with Gasteiger partial charge in [-0.1, -0.05) is 36.4 Å². The zero-order valence-electron chi connectivity index (χ0n) is 52.4. The number of aromatic nitrogens is 11. The van der Waals surface area contributed by atoms with E-state index < -0.39 is 52.9 Å². The molecule has 9 aromatic heterocycles. The second-order valence-electron chi connectivity index (χ2n) is 27.3. The molecular weight excluding hydrogens is 1200 g/mol. The number of anilines is 3. The first kappa shape index (κ1) is 60.8. The van der Waals surface area contributed by atoms with E-state index in [-0.39, 0.29) is 36.4 Å². The minimum absolute atomic E-state index is 0.159. The van der Waals surface area contributed by atoms with Gasteiger partial charge in [0.15, 0.2) is 0 Å². The average Bonchev–Trinajstić information content (AvgIpc) is 1.60. The molecule has 95 heavy (non-hydrogen) atoms. The fourth-order valence-corrected chi connectivity index (χ4v) is 16.5. The molecule has 3 aliphatic carbocycles. The molecule has 6 fully saturated rings. The van der Waals surface area contributed by atoms with E-state index in [4.69, 9.17) is 31.4 Å². The van der Waals surface area contributed by atoms with Crippen molar-refractivity contribution < 1.29 is 44.8 Å². The van der Waals surface area contributed by atoms with Gasteiger partial charge in [0, 0.05) is 73.3 Å². The lowest BCUT2D eigenvalue weighted by Crippen LogP contribution is -2.37. The molecule has 3 aliphatic heterocycles. The van der Waals surface area contributed by atoms with Gasteiger partial charge in [0.2, 0.25) is 0 Å². The maximum atomic E-state index is 11.1. The lowest BCUT2D eigenvalue weighted by molar-refractivity contribution is -0.0309. The van der Waals surface area contributed by atoms with Gasteiger partial charge in [0.1, 0.15) is 65.4 Å². The molecule has 18 rings (SSSR count). The molecule has 0 unspecified atom stereocenters. The molecule has 0 radical (unpaired) electrons. The Kier molecular flexibility index (Phi) is 14.9. The molecule has 3 saturated heterocycles.